The molecule has 0 aromatic heterocycles. The Morgan fingerprint density at radius 2 is 1.94 bits per heavy atom. The first kappa shape index (κ1) is 11.1. The number of nitro groups is 1. The molecule has 0 aliphatic heterocycles. The lowest BCUT2D eigenvalue weighted by Crippen LogP contribution is -2.27. The van der Waals surface area contributed by atoms with Gasteiger partial charge in [0.25, 0.3) is 5.69 Å². The molecule has 0 radical (unpaired) electrons. The summed E-state index contributed by atoms with van der Waals surface area (Å²) in [5.41, 5.74) is 0.447. The molecule has 1 saturated carbocycles. The maximum atomic E-state index is 11.0. The first-order chi connectivity index (χ1) is 7.69. The third-order valence-corrected chi connectivity index (χ3v) is 3.54. The van der Waals surface area contributed by atoms with Crippen molar-refractivity contribution in [1.29, 1.82) is 0 Å². The van der Waals surface area contributed by atoms with Gasteiger partial charge in [-0.15, -0.1) is 0 Å². The lowest BCUT2D eigenvalue weighted by atomic mass is 9.79. The molecule has 1 fully saturated rings. The number of para-hydroxylation sites is 1. The van der Waals surface area contributed by atoms with E-state index in [1.165, 1.54) is 6.07 Å². The molecule has 0 heterocycles. The molecule has 1 aromatic carbocycles. The van der Waals surface area contributed by atoms with E-state index in [-0.39, 0.29) is 22.6 Å². The number of aliphatic hydroxyl groups is 1. The number of rotatable bonds is 3. The molecule has 4 nitrogen and oxygen atoms in total. The Balaban J connectivity index is 2.49. The first-order valence-corrected chi connectivity index (χ1v) is 5.54. The van der Waals surface area contributed by atoms with E-state index >= 15 is 0 Å². The monoisotopic (exact) mass is 221 g/mol. The Bertz CT molecular complexity index is 397. The van der Waals surface area contributed by atoms with Crippen LogP contribution in [0.15, 0.2) is 24.3 Å². The Morgan fingerprint density at radius 1 is 1.31 bits per heavy atom. The van der Waals surface area contributed by atoms with Crippen molar-refractivity contribution in [3.8, 4) is 0 Å². The van der Waals surface area contributed by atoms with E-state index in [0.717, 1.165) is 25.7 Å². The van der Waals surface area contributed by atoms with Gasteiger partial charge in [-0.2, -0.15) is 0 Å². The minimum Gasteiger partial charge on any atom is -0.395 e. The van der Waals surface area contributed by atoms with Crippen molar-refractivity contribution in [2.75, 3.05) is 6.61 Å². The fourth-order valence-electron chi connectivity index (χ4n) is 2.65. The van der Waals surface area contributed by atoms with Crippen LogP contribution in [0.25, 0.3) is 0 Å². The SMILES string of the molecule is O=[N+]([O-])c1ccccc1C1(CO)CCCC1. The lowest BCUT2D eigenvalue weighted by Gasteiger charge is -2.26. The Kier molecular flexibility index (Phi) is 2.92. The van der Waals surface area contributed by atoms with Gasteiger partial charge in [0.15, 0.2) is 0 Å². The van der Waals surface area contributed by atoms with Crippen LogP contribution in [0.3, 0.4) is 0 Å². The molecule has 0 bridgehead atoms. The van der Waals surface area contributed by atoms with E-state index in [4.69, 9.17) is 0 Å². The van der Waals surface area contributed by atoms with Crippen LogP contribution in [-0.2, 0) is 5.41 Å². The number of benzene rings is 1. The molecule has 1 aromatic rings. The topological polar surface area (TPSA) is 63.4 Å². The van der Waals surface area contributed by atoms with Gasteiger partial charge >= 0.3 is 0 Å². The molecule has 0 unspecified atom stereocenters. The van der Waals surface area contributed by atoms with Crippen LogP contribution in [0.1, 0.15) is 31.2 Å². The molecule has 0 saturated heterocycles. The summed E-state index contributed by atoms with van der Waals surface area (Å²) in [5, 5.41) is 20.5. The third-order valence-electron chi connectivity index (χ3n) is 3.54. The molecule has 86 valence electrons. The van der Waals surface area contributed by atoms with Crippen LogP contribution in [0.4, 0.5) is 5.69 Å². The number of nitrogens with zero attached hydrogens (tertiary/aromatic N) is 1. The van der Waals surface area contributed by atoms with Crippen LogP contribution in [0.5, 0.6) is 0 Å². The summed E-state index contributed by atoms with van der Waals surface area (Å²) in [6, 6.07) is 6.77. The fourth-order valence-corrected chi connectivity index (χ4v) is 2.65. The molecule has 4 heteroatoms. The van der Waals surface area contributed by atoms with E-state index < -0.39 is 0 Å². The quantitative estimate of drug-likeness (QED) is 0.629. The number of hydrogen-bond donors (Lipinski definition) is 1. The van der Waals surface area contributed by atoms with Crippen molar-refractivity contribution >= 4 is 5.69 Å². The third kappa shape index (κ3) is 1.69. The zero-order valence-corrected chi connectivity index (χ0v) is 9.06. The summed E-state index contributed by atoms with van der Waals surface area (Å²) in [5.74, 6) is 0. The Hall–Kier alpha value is -1.42. The van der Waals surface area contributed by atoms with Gasteiger partial charge in [0, 0.05) is 17.0 Å². The average Bonchev–Trinajstić information content (AvgIpc) is 2.78. The minimum atomic E-state index is -0.385. The first-order valence-electron chi connectivity index (χ1n) is 5.54. The molecule has 16 heavy (non-hydrogen) atoms. The van der Waals surface area contributed by atoms with Crippen molar-refractivity contribution in [3.63, 3.8) is 0 Å². The summed E-state index contributed by atoms with van der Waals surface area (Å²) in [7, 11) is 0. The zero-order valence-electron chi connectivity index (χ0n) is 9.06. The summed E-state index contributed by atoms with van der Waals surface area (Å²) < 4.78 is 0. The van der Waals surface area contributed by atoms with Crippen molar-refractivity contribution in [3.05, 3.63) is 39.9 Å². The molecule has 1 N–H and O–H groups in total. The van der Waals surface area contributed by atoms with Gasteiger partial charge in [0.05, 0.1) is 11.5 Å². The second kappa shape index (κ2) is 4.22. The van der Waals surface area contributed by atoms with Gasteiger partial charge in [0.2, 0.25) is 0 Å². The summed E-state index contributed by atoms with van der Waals surface area (Å²) >= 11 is 0. The van der Waals surface area contributed by atoms with E-state index in [0.29, 0.717) is 5.56 Å². The largest absolute Gasteiger partial charge is 0.395 e. The zero-order chi connectivity index (χ0) is 11.6. The van der Waals surface area contributed by atoms with Gasteiger partial charge in [-0.25, -0.2) is 0 Å². The maximum Gasteiger partial charge on any atom is 0.273 e. The average molecular weight is 221 g/mol. The highest BCUT2D eigenvalue weighted by Gasteiger charge is 2.39. The molecular formula is C12H15NO3. The molecule has 0 spiro atoms. The van der Waals surface area contributed by atoms with Crippen LogP contribution in [0.2, 0.25) is 0 Å². The molecular weight excluding hydrogens is 206 g/mol. The molecule has 0 atom stereocenters. The number of nitro benzene ring substituents is 1. The van der Waals surface area contributed by atoms with Crippen LogP contribution in [-0.4, -0.2) is 16.6 Å². The van der Waals surface area contributed by atoms with Gasteiger partial charge in [0.1, 0.15) is 0 Å². The molecule has 2 rings (SSSR count). The Morgan fingerprint density at radius 3 is 2.50 bits per heavy atom. The van der Waals surface area contributed by atoms with E-state index in [2.05, 4.69) is 0 Å². The maximum absolute atomic E-state index is 11.0. The minimum absolute atomic E-state index is 0.00213. The van der Waals surface area contributed by atoms with E-state index in [1.807, 2.05) is 0 Å². The van der Waals surface area contributed by atoms with E-state index in [1.54, 1.807) is 18.2 Å². The lowest BCUT2D eigenvalue weighted by molar-refractivity contribution is -0.386. The molecule has 0 amide bonds. The molecule has 1 aliphatic carbocycles. The van der Waals surface area contributed by atoms with Crippen LogP contribution in [0, 0.1) is 10.1 Å². The highest BCUT2D eigenvalue weighted by atomic mass is 16.6. The highest BCUT2D eigenvalue weighted by molar-refractivity contribution is 5.45. The van der Waals surface area contributed by atoms with Crippen molar-refractivity contribution in [2.24, 2.45) is 0 Å². The van der Waals surface area contributed by atoms with Gasteiger partial charge in [-0.1, -0.05) is 31.0 Å². The second-order valence-electron chi connectivity index (χ2n) is 4.42. The standard InChI is InChI=1S/C12H15NO3/c14-9-12(7-3-4-8-12)10-5-1-2-6-11(10)13(15)16/h1-2,5-6,14H,3-4,7-9H2. The van der Waals surface area contributed by atoms with Crippen molar-refractivity contribution < 1.29 is 10.0 Å². The van der Waals surface area contributed by atoms with Gasteiger partial charge in [-0.3, -0.25) is 10.1 Å². The van der Waals surface area contributed by atoms with E-state index in [9.17, 15) is 15.2 Å². The fraction of sp³-hybridized carbons (Fsp3) is 0.500. The predicted octanol–water partition coefficient (Wildman–Crippen LogP) is 2.40. The number of aliphatic hydroxyl groups excluding tert-OH is 1. The van der Waals surface area contributed by atoms with Crippen LogP contribution < -0.4 is 0 Å². The smallest absolute Gasteiger partial charge is 0.273 e. The van der Waals surface area contributed by atoms with Gasteiger partial charge in [-0.05, 0) is 12.8 Å². The molecule has 1 aliphatic rings. The van der Waals surface area contributed by atoms with Crippen molar-refractivity contribution in [2.45, 2.75) is 31.1 Å². The summed E-state index contributed by atoms with van der Waals surface area (Å²) in [6.07, 6.45) is 3.75. The van der Waals surface area contributed by atoms with Crippen molar-refractivity contribution in [1.82, 2.24) is 0 Å². The Labute approximate surface area is 94.1 Å². The summed E-state index contributed by atoms with van der Waals surface area (Å²) in [4.78, 5) is 10.6. The van der Waals surface area contributed by atoms with Crippen LogP contribution >= 0.6 is 0 Å². The van der Waals surface area contributed by atoms with Gasteiger partial charge < -0.3 is 5.11 Å². The predicted molar refractivity (Wildman–Crippen MR) is 60.3 cm³/mol. The highest BCUT2D eigenvalue weighted by Crippen LogP contribution is 2.43. The number of hydrogen-bond acceptors (Lipinski definition) is 3. The normalized spacial score (nSPS) is 18.6. The summed E-state index contributed by atoms with van der Waals surface area (Å²) in [6.45, 7) is -0.00213. The second-order valence-corrected chi connectivity index (χ2v) is 4.42.